The maximum absolute atomic E-state index is 12.6. The van der Waals surface area contributed by atoms with E-state index in [4.69, 9.17) is 10.7 Å². The highest BCUT2D eigenvalue weighted by molar-refractivity contribution is 8.14. The number of hydrogen-bond acceptors (Lipinski definition) is 4. The summed E-state index contributed by atoms with van der Waals surface area (Å²) in [5.41, 5.74) is 0.814. The highest BCUT2D eigenvalue weighted by Crippen LogP contribution is 2.29. The molecule has 0 spiro atoms. The Morgan fingerprint density at radius 3 is 2.43 bits per heavy atom. The van der Waals surface area contributed by atoms with Crippen LogP contribution in [0.2, 0.25) is 0 Å². The average Bonchev–Trinajstić information content (AvgIpc) is 2.90. The quantitative estimate of drug-likeness (QED) is 0.753. The predicted molar refractivity (Wildman–Crippen MR) is 89.2 cm³/mol. The van der Waals surface area contributed by atoms with Crippen LogP contribution in [0, 0.1) is 0 Å². The van der Waals surface area contributed by atoms with Crippen LogP contribution in [0.15, 0.2) is 24.3 Å². The zero-order valence-corrected chi connectivity index (χ0v) is 14.6. The summed E-state index contributed by atoms with van der Waals surface area (Å²) in [6.07, 6.45) is -0.167. The van der Waals surface area contributed by atoms with Crippen LogP contribution in [0.1, 0.15) is 30.6 Å². The summed E-state index contributed by atoms with van der Waals surface area (Å²) in [6, 6.07) is 6.73. The van der Waals surface area contributed by atoms with Crippen molar-refractivity contribution in [1.29, 1.82) is 0 Å². The zero-order chi connectivity index (χ0) is 17.2. The molecule has 0 N–H and O–H groups in total. The van der Waals surface area contributed by atoms with Gasteiger partial charge in [-0.3, -0.25) is 9.59 Å². The van der Waals surface area contributed by atoms with Gasteiger partial charge in [-0.25, -0.2) is 8.42 Å². The Bertz CT molecular complexity index is 716. The van der Waals surface area contributed by atoms with Gasteiger partial charge in [0.25, 0.3) is 5.91 Å². The van der Waals surface area contributed by atoms with Gasteiger partial charge in [-0.05, 0) is 26.0 Å². The molecule has 0 bridgehead atoms. The minimum Gasteiger partial charge on any atom is -0.339 e. The Hall–Kier alpha value is -1.60. The number of carbonyl (C=O) groups excluding carboxylic acids is 2. The second kappa shape index (κ2) is 6.88. The third-order valence-corrected chi connectivity index (χ3v) is 5.83. The fourth-order valence-electron chi connectivity index (χ4n) is 2.67. The van der Waals surface area contributed by atoms with E-state index in [1.165, 1.54) is 4.90 Å². The molecular formula is C15H19ClN2O4S. The maximum Gasteiger partial charge on any atom is 0.255 e. The smallest absolute Gasteiger partial charge is 0.255 e. The number of hydrogen-bond donors (Lipinski definition) is 0. The van der Waals surface area contributed by atoms with Crippen molar-refractivity contribution in [3.63, 3.8) is 0 Å². The summed E-state index contributed by atoms with van der Waals surface area (Å²) in [6.45, 7) is 4.82. The first-order chi connectivity index (χ1) is 10.8. The summed E-state index contributed by atoms with van der Waals surface area (Å²) in [4.78, 5) is 27.8. The number of benzene rings is 1. The molecule has 6 nitrogen and oxygen atoms in total. The lowest BCUT2D eigenvalue weighted by molar-refractivity contribution is -0.117. The largest absolute Gasteiger partial charge is 0.339 e. The summed E-state index contributed by atoms with van der Waals surface area (Å²) in [5.74, 6) is -0.533. The molecule has 0 aliphatic carbocycles. The second-order valence-corrected chi connectivity index (χ2v) is 8.21. The van der Waals surface area contributed by atoms with Gasteiger partial charge < -0.3 is 9.80 Å². The van der Waals surface area contributed by atoms with Crippen LogP contribution in [0.25, 0.3) is 0 Å². The lowest BCUT2D eigenvalue weighted by Crippen LogP contribution is -2.34. The Morgan fingerprint density at radius 1 is 1.30 bits per heavy atom. The maximum atomic E-state index is 12.6. The predicted octanol–water partition coefficient (Wildman–Crippen LogP) is 1.84. The summed E-state index contributed by atoms with van der Waals surface area (Å²) in [5, 5.41) is -0.951. The normalized spacial score (nSPS) is 18.3. The van der Waals surface area contributed by atoms with E-state index >= 15 is 0 Å². The van der Waals surface area contributed by atoms with E-state index < -0.39 is 14.3 Å². The van der Waals surface area contributed by atoms with Crippen LogP contribution < -0.4 is 4.90 Å². The van der Waals surface area contributed by atoms with Crippen LogP contribution in [-0.2, 0) is 13.8 Å². The van der Waals surface area contributed by atoms with Crippen LogP contribution in [0.3, 0.4) is 0 Å². The lowest BCUT2D eigenvalue weighted by atomic mass is 10.1. The Morgan fingerprint density at radius 2 is 1.91 bits per heavy atom. The van der Waals surface area contributed by atoms with Crippen molar-refractivity contribution in [2.45, 2.75) is 25.5 Å². The minimum atomic E-state index is -3.82. The molecule has 1 saturated heterocycles. The molecule has 0 radical (unpaired) electrons. The molecule has 1 aliphatic heterocycles. The van der Waals surface area contributed by atoms with Crippen LogP contribution in [-0.4, -0.2) is 50.0 Å². The van der Waals surface area contributed by atoms with Gasteiger partial charge in [-0.2, -0.15) is 0 Å². The van der Waals surface area contributed by atoms with Crippen molar-refractivity contribution in [1.82, 2.24) is 4.90 Å². The number of halogens is 1. The molecule has 1 fully saturated rings. The van der Waals surface area contributed by atoms with Crippen LogP contribution >= 0.6 is 10.7 Å². The first kappa shape index (κ1) is 17.7. The van der Waals surface area contributed by atoms with Gasteiger partial charge in [0, 0.05) is 36.7 Å². The lowest BCUT2D eigenvalue weighted by Gasteiger charge is -2.24. The third kappa shape index (κ3) is 3.67. The van der Waals surface area contributed by atoms with Crippen molar-refractivity contribution in [3.05, 3.63) is 29.8 Å². The van der Waals surface area contributed by atoms with E-state index in [0.717, 1.165) is 0 Å². The SMILES string of the molecule is CCN(CC)C(=O)c1ccccc1N1CC(S(=O)(=O)Cl)CC1=O. The number of carbonyl (C=O) groups is 2. The molecule has 1 aliphatic rings. The van der Waals surface area contributed by atoms with Crippen LogP contribution in [0.5, 0.6) is 0 Å². The molecule has 2 amide bonds. The topological polar surface area (TPSA) is 74.8 Å². The molecule has 1 heterocycles. The van der Waals surface area contributed by atoms with E-state index in [1.54, 1.807) is 29.2 Å². The molecule has 23 heavy (non-hydrogen) atoms. The highest BCUT2D eigenvalue weighted by atomic mass is 35.7. The summed E-state index contributed by atoms with van der Waals surface area (Å²) < 4.78 is 23.0. The molecule has 1 unspecified atom stereocenters. The van der Waals surface area contributed by atoms with Crippen molar-refractivity contribution in [2.75, 3.05) is 24.5 Å². The van der Waals surface area contributed by atoms with Crippen LogP contribution in [0.4, 0.5) is 5.69 Å². The van der Waals surface area contributed by atoms with E-state index in [1.807, 2.05) is 13.8 Å². The molecule has 1 aromatic carbocycles. The zero-order valence-electron chi connectivity index (χ0n) is 13.0. The average molecular weight is 359 g/mol. The van der Waals surface area contributed by atoms with Crippen molar-refractivity contribution in [2.24, 2.45) is 0 Å². The van der Waals surface area contributed by atoms with Crippen molar-refractivity contribution in [3.8, 4) is 0 Å². The fourth-order valence-corrected chi connectivity index (χ4v) is 3.69. The standard InChI is InChI=1S/C15H19ClN2O4S/c1-3-17(4-2)15(20)12-7-5-6-8-13(12)18-10-11(9-14(18)19)23(16,21)22/h5-8,11H,3-4,9-10H2,1-2H3. The second-order valence-electron chi connectivity index (χ2n) is 5.30. The van der Waals surface area contributed by atoms with Gasteiger partial charge in [-0.1, -0.05) is 12.1 Å². The number of rotatable bonds is 5. The molecule has 2 rings (SSSR count). The Labute approximate surface area is 140 Å². The molecule has 1 aromatic rings. The van der Waals surface area contributed by atoms with Gasteiger partial charge >= 0.3 is 0 Å². The number of para-hydroxylation sites is 1. The van der Waals surface area contributed by atoms with E-state index in [0.29, 0.717) is 24.3 Å². The molecule has 0 aromatic heterocycles. The van der Waals surface area contributed by atoms with Gasteiger partial charge in [0.1, 0.15) is 5.25 Å². The van der Waals surface area contributed by atoms with Gasteiger partial charge in [0.05, 0.1) is 11.3 Å². The molecule has 8 heteroatoms. The molecule has 1 atom stereocenters. The van der Waals surface area contributed by atoms with Gasteiger partial charge in [0.15, 0.2) is 0 Å². The minimum absolute atomic E-state index is 0.0345. The number of anilines is 1. The van der Waals surface area contributed by atoms with E-state index in [9.17, 15) is 18.0 Å². The summed E-state index contributed by atoms with van der Waals surface area (Å²) >= 11 is 0. The molecule has 126 valence electrons. The first-order valence-corrected chi connectivity index (χ1v) is 9.79. The monoisotopic (exact) mass is 358 g/mol. The number of nitrogens with zero attached hydrogens (tertiary/aromatic N) is 2. The van der Waals surface area contributed by atoms with Crippen molar-refractivity contribution < 1.29 is 18.0 Å². The Kier molecular flexibility index (Phi) is 5.31. The van der Waals surface area contributed by atoms with E-state index in [2.05, 4.69) is 0 Å². The molecular weight excluding hydrogens is 340 g/mol. The van der Waals surface area contributed by atoms with Crippen molar-refractivity contribution >= 4 is 37.2 Å². The van der Waals surface area contributed by atoms with Gasteiger partial charge in [0.2, 0.25) is 15.0 Å². The Balaban J connectivity index is 2.38. The molecule has 0 saturated carbocycles. The highest BCUT2D eigenvalue weighted by Gasteiger charge is 2.39. The third-order valence-electron chi connectivity index (χ3n) is 3.96. The summed E-state index contributed by atoms with van der Waals surface area (Å²) in [7, 11) is 1.55. The fraction of sp³-hybridized carbons (Fsp3) is 0.467. The van der Waals surface area contributed by atoms with Gasteiger partial charge in [-0.15, -0.1) is 0 Å². The van der Waals surface area contributed by atoms with E-state index in [-0.39, 0.29) is 24.8 Å². The number of amides is 2. The first-order valence-electron chi connectivity index (χ1n) is 7.41.